The van der Waals surface area contributed by atoms with Gasteiger partial charge in [-0.2, -0.15) is 0 Å². The maximum absolute atomic E-state index is 12.8. The van der Waals surface area contributed by atoms with E-state index < -0.39 is 0 Å². The quantitative estimate of drug-likeness (QED) is 0.695. The molecule has 108 valence electrons. The molecule has 0 atom stereocenters. The molecule has 0 fully saturated rings. The van der Waals surface area contributed by atoms with Crippen molar-refractivity contribution in [2.75, 3.05) is 0 Å². The Labute approximate surface area is 125 Å². The zero-order chi connectivity index (χ0) is 15.6. The number of aromatic nitrogens is 1. The zero-order valence-electron chi connectivity index (χ0n) is 13.9. The number of pyridine rings is 1. The largest absolute Gasteiger partial charge is 0.289 e. The number of carbonyl (C=O) groups excluding carboxylic acids is 1. The van der Waals surface area contributed by atoms with Gasteiger partial charge in [-0.15, -0.1) is 0 Å². The van der Waals surface area contributed by atoms with Crippen molar-refractivity contribution >= 4 is 22.1 Å². The van der Waals surface area contributed by atoms with Crippen LogP contribution in [-0.2, 0) is 0 Å². The second-order valence-electron chi connectivity index (χ2n) is 6.25. The molecular formula is C19H21NO. The number of benzene rings is 1. The summed E-state index contributed by atoms with van der Waals surface area (Å²) in [7, 11) is 0. The average molecular weight is 279 g/mol. The molecule has 0 bridgehead atoms. The van der Waals surface area contributed by atoms with Gasteiger partial charge in [0, 0.05) is 22.2 Å². The highest BCUT2D eigenvalue weighted by Gasteiger charge is 2.29. The summed E-state index contributed by atoms with van der Waals surface area (Å²) in [5.74, 6) is 0.163. The minimum absolute atomic E-state index is 0.163. The minimum atomic E-state index is 0.163. The number of nitrogens with zero attached hydrogens (tertiary/aromatic N) is 1. The molecule has 2 aromatic rings. The molecule has 1 aliphatic carbocycles. The molecule has 2 nitrogen and oxygen atoms in total. The molecular weight excluding hydrogens is 258 g/mol. The molecule has 0 aliphatic heterocycles. The van der Waals surface area contributed by atoms with E-state index in [1.54, 1.807) is 0 Å². The topological polar surface area (TPSA) is 30.0 Å². The van der Waals surface area contributed by atoms with Crippen LogP contribution in [0.1, 0.15) is 57.8 Å². The van der Waals surface area contributed by atoms with Gasteiger partial charge in [0.05, 0.1) is 5.69 Å². The molecule has 21 heavy (non-hydrogen) atoms. The van der Waals surface area contributed by atoms with Crippen molar-refractivity contribution in [3.63, 3.8) is 0 Å². The molecule has 1 heterocycles. The van der Waals surface area contributed by atoms with E-state index in [1.807, 2.05) is 13.8 Å². The van der Waals surface area contributed by atoms with E-state index in [0.717, 1.165) is 39.0 Å². The number of carbonyl (C=O) groups is 1. The Balaban J connectivity index is 2.72. The third-order valence-corrected chi connectivity index (χ3v) is 5.29. The fourth-order valence-corrected chi connectivity index (χ4v) is 3.44. The number of hydrogen-bond acceptors (Lipinski definition) is 2. The summed E-state index contributed by atoms with van der Waals surface area (Å²) < 4.78 is 0. The van der Waals surface area contributed by atoms with Crippen molar-refractivity contribution < 1.29 is 4.79 Å². The van der Waals surface area contributed by atoms with Gasteiger partial charge in [0.1, 0.15) is 0 Å². The number of allylic oxidation sites excluding steroid dienone is 2. The van der Waals surface area contributed by atoms with Gasteiger partial charge in [-0.25, -0.2) is 0 Å². The van der Waals surface area contributed by atoms with Crippen LogP contribution in [0.4, 0.5) is 0 Å². The number of aryl methyl sites for hydroxylation is 3. The third-order valence-electron chi connectivity index (χ3n) is 5.29. The first-order valence-electron chi connectivity index (χ1n) is 7.40. The smallest absolute Gasteiger partial charge is 0.190 e. The molecule has 2 heteroatoms. The second-order valence-corrected chi connectivity index (χ2v) is 6.25. The molecule has 0 amide bonds. The first-order chi connectivity index (χ1) is 9.77. The molecule has 1 aromatic carbocycles. The normalized spacial score (nSPS) is 14.3. The fraction of sp³-hybridized carbons (Fsp3) is 0.368. The lowest BCUT2D eigenvalue weighted by molar-refractivity contribution is 0.103. The Morgan fingerprint density at radius 1 is 0.667 bits per heavy atom. The lowest BCUT2D eigenvalue weighted by Crippen LogP contribution is -2.16. The monoisotopic (exact) mass is 279 g/mol. The van der Waals surface area contributed by atoms with Crippen LogP contribution in [0.15, 0.2) is 5.57 Å². The van der Waals surface area contributed by atoms with Crippen molar-refractivity contribution in [3.8, 4) is 0 Å². The van der Waals surface area contributed by atoms with Gasteiger partial charge in [-0.3, -0.25) is 9.78 Å². The van der Waals surface area contributed by atoms with Gasteiger partial charge in [-0.05, 0) is 81.7 Å². The van der Waals surface area contributed by atoms with Crippen molar-refractivity contribution in [2.24, 2.45) is 0 Å². The summed E-state index contributed by atoms with van der Waals surface area (Å²) in [6.07, 6.45) is 0. The highest BCUT2D eigenvalue weighted by Crippen LogP contribution is 2.41. The number of rotatable bonds is 0. The molecule has 3 rings (SSSR count). The zero-order valence-corrected chi connectivity index (χ0v) is 13.9. The highest BCUT2D eigenvalue weighted by atomic mass is 16.1. The van der Waals surface area contributed by atoms with Crippen LogP contribution in [0, 0.1) is 34.6 Å². The number of ketones is 1. The fourth-order valence-electron chi connectivity index (χ4n) is 3.44. The summed E-state index contributed by atoms with van der Waals surface area (Å²) in [5, 5.41) is 2.28. The Kier molecular flexibility index (Phi) is 2.84. The van der Waals surface area contributed by atoms with Gasteiger partial charge in [0.2, 0.25) is 0 Å². The Bertz CT molecular complexity index is 869. The Hall–Kier alpha value is -1.96. The number of Topliss-reactive ketones (excluding diaryl/α,β-unsaturated/α-hetero) is 1. The maximum atomic E-state index is 12.8. The van der Waals surface area contributed by atoms with E-state index in [0.29, 0.717) is 0 Å². The Morgan fingerprint density at radius 3 is 1.90 bits per heavy atom. The Morgan fingerprint density at radius 2 is 1.29 bits per heavy atom. The highest BCUT2D eigenvalue weighted by molar-refractivity contribution is 6.25. The van der Waals surface area contributed by atoms with E-state index in [9.17, 15) is 4.79 Å². The van der Waals surface area contributed by atoms with Crippen molar-refractivity contribution in [2.45, 2.75) is 48.5 Å². The first-order valence-corrected chi connectivity index (χ1v) is 7.40. The molecule has 0 unspecified atom stereocenters. The van der Waals surface area contributed by atoms with Gasteiger partial charge < -0.3 is 0 Å². The van der Waals surface area contributed by atoms with Crippen molar-refractivity contribution in [1.29, 1.82) is 0 Å². The third kappa shape index (κ3) is 1.59. The van der Waals surface area contributed by atoms with Crippen LogP contribution in [0.5, 0.6) is 0 Å². The predicted octanol–water partition coefficient (Wildman–Crippen LogP) is 4.77. The van der Waals surface area contributed by atoms with Gasteiger partial charge >= 0.3 is 0 Å². The predicted molar refractivity (Wildman–Crippen MR) is 88.0 cm³/mol. The molecule has 1 aliphatic rings. The van der Waals surface area contributed by atoms with Crippen LogP contribution in [0.3, 0.4) is 0 Å². The van der Waals surface area contributed by atoms with Gasteiger partial charge in [-0.1, -0.05) is 0 Å². The SMILES string of the molecule is CC1=C(C)c2nc(C)c(C)c3c(C)c(C)c(C)c(c23)C1=O. The minimum Gasteiger partial charge on any atom is -0.289 e. The molecule has 1 aromatic heterocycles. The maximum Gasteiger partial charge on any atom is 0.190 e. The van der Waals surface area contributed by atoms with Crippen LogP contribution in [-0.4, -0.2) is 10.8 Å². The van der Waals surface area contributed by atoms with Crippen molar-refractivity contribution in [1.82, 2.24) is 4.98 Å². The molecule has 0 N–H and O–H groups in total. The molecule has 0 saturated heterocycles. The van der Waals surface area contributed by atoms with E-state index in [-0.39, 0.29) is 5.78 Å². The second kappa shape index (κ2) is 4.27. The van der Waals surface area contributed by atoms with Crippen LogP contribution < -0.4 is 0 Å². The number of hydrogen-bond donors (Lipinski definition) is 0. The van der Waals surface area contributed by atoms with Crippen LogP contribution in [0.2, 0.25) is 0 Å². The van der Waals surface area contributed by atoms with E-state index in [2.05, 4.69) is 34.6 Å². The van der Waals surface area contributed by atoms with E-state index in [4.69, 9.17) is 4.98 Å². The van der Waals surface area contributed by atoms with Crippen LogP contribution >= 0.6 is 0 Å². The summed E-state index contributed by atoms with van der Waals surface area (Å²) in [6.45, 7) is 14.4. The summed E-state index contributed by atoms with van der Waals surface area (Å²) in [6, 6.07) is 0. The van der Waals surface area contributed by atoms with E-state index >= 15 is 0 Å². The van der Waals surface area contributed by atoms with Gasteiger partial charge in [0.25, 0.3) is 0 Å². The molecule has 0 saturated carbocycles. The lowest BCUT2D eigenvalue weighted by atomic mass is 9.80. The summed E-state index contributed by atoms with van der Waals surface area (Å²) >= 11 is 0. The standard InChI is InChI=1S/C19H21NO/c1-8-9(2)15-13(6)14(7)20-18-11(4)12(5)19(21)16(10(8)3)17(15)18/h1-7H3. The lowest BCUT2D eigenvalue weighted by Gasteiger charge is -2.25. The molecule has 0 radical (unpaired) electrons. The van der Waals surface area contributed by atoms with E-state index in [1.165, 1.54) is 22.1 Å². The van der Waals surface area contributed by atoms with Crippen LogP contribution in [0.25, 0.3) is 16.3 Å². The summed E-state index contributed by atoms with van der Waals surface area (Å²) in [5.41, 5.74) is 9.53. The van der Waals surface area contributed by atoms with Gasteiger partial charge in [0.15, 0.2) is 5.78 Å². The molecule has 0 spiro atoms. The average Bonchev–Trinajstić information content (AvgIpc) is 2.45. The van der Waals surface area contributed by atoms with Crippen molar-refractivity contribution in [3.05, 3.63) is 44.8 Å². The first kappa shape index (κ1) is 14.0. The summed E-state index contributed by atoms with van der Waals surface area (Å²) in [4.78, 5) is 17.6.